The Morgan fingerprint density at radius 1 is 0.575 bits per heavy atom. The summed E-state index contributed by atoms with van der Waals surface area (Å²) in [6.45, 7) is 9.63. The van der Waals surface area contributed by atoms with Crippen molar-refractivity contribution in [1.82, 2.24) is 0 Å². The van der Waals surface area contributed by atoms with Crippen LogP contribution in [0.3, 0.4) is 0 Å². The number of carbonyl (C=O) groups is 2. The van der Waals surface area contributed by atoms with E-state index in [2.05, 4.69) is 64.1 Å². The van der Waals surface area contributed by atoms with Gasteiger partial charge >= 0.3 is 11.9 Å². The molecule has 0 radical (unpaired) electrons. The summed E-state index contributed by atoms with van der Waals surface area (Å²) in [5, 5.41) is 0. The van der Waals surface area contributed by atoms with E-state index in [1.807, 2.05) is 12.1 Å². The van der Waals surface area contributed by atoms with Gasteiger partial charge in [0.1, 0.15) is 13.2 Å². The van der Waals surface area contributed by atoms with Crippen molar-refractivity contribution in [3.8, 4) is 0 Å². The fraction of sp³-hybridized carbons (Fsp3) is 0.611. The van der Waals surface area contributed by atoms with Crippen molar-refractivity contribution in [1.29, 1.82) is 0 Å². The summed E-state index contributed by atoms with van der Waals surface area (Å²) in [7, 11) is 0. The molecule has 2 aromatic carbocycles. The van der Waals surface area contributed by atoms with Gasteiger partial charge in [0.25, 0.3) is 0 Å². The van der Waals surface area contributed by atoms with E-state index in [0.717, 1.165) is 24.0 Å². The maximum atomic E-state index is 12.4. The number of hydrogen-bond donors (Lipinski definition) is 0. The van der Waals surface area contributed by atoms with Crippen molar-refractivity contribution in [2.75, 3.05) is 0 Å². The molecule has 0 amide bonds. The van der Waals surface area contributed by atoms with Crippen LogP contribution in [0.4, 0.5) is 0 Å². The molecule has 2 aromatic rings. The molecule has 0 fully saturated rings. The fourth-order valence-corrected chi connectivity index (χ4v) is 5.30. The van der Waals surface area contributed by atoms with Crippen LogP contribution in [-0.4, -0.2) is 11.9 Å². The molecule has 0 saturated carbocycles. The highest BCUT2D eigenvalue weighted by molar-refractivity contribution is 5.70. The Hall–Kier alpha value is -2.62. The predicted molar refractivity (Wildman–Crippen MR) is 165 cm³/mol. The van der Waals surface area contributed by atoms with Crippen molar-refractivity contribution in [3.63, 3.8) is 0 Å². The molecule has 222 valence electrons. The normalized spacial score (nSPS) is 12.6. The summed E-state index contributed by atoms with van der Waals surface area (Å²) >= 11 is 0. The molecule has 2 rings (SSSR count). The van der Waals surface area contributed by atoms with E-state index in [1.165, 1.54) is 62.5 Å². The summed E-state index contributed by atoms with van der Waals surface area (Å²) in [6, 6.07) is 16.6. The Bertz CT molecular complexity index is 903. The third-order valence-electron chi connectivity index (χ3n) is 8.13. The first-order valence-corrected chi connectivity index (χ1v) is 15.9. The molecule has 4 heteroatoms. The SMILES string of the molecule is CCCCC(CC)Cc1ccccc1COC(=O)CCCCC(=O)OCc1ccccc1CC(CC)CCCC. The van der Waals surface area contributed by atoms with Gasteiger partial charge in [0.2, 0.25) is 0 Å². The summed E-state index contributed by atoms with van der Waals surface area (Å²) in [5.74, 6) is 0.931. The molecule has 0 aliphatic carbocycles. The summed E-state index contributed by atoms with van der Waals surface area (Å²) < 4.78 is 11.2. The van der Waals surface area contributed by atoms with Crippen LogP contribution in [0.25, 0.3) is 0 Å². The number of rotatable bonds is 21. The van der Waals surface area contributed by atoms with E-state index < -0.39 is 0 Å². The lowest BCUT2D eigenvalue weighted by atomic mass is 9.90. The van der Waals surface area contributed by atoms with Gasteiger partial charge in [0.05, 0.1) is 0 Å². The Morgan fingerprint density at radius 3 is 1.30 bits per heavy atom. The van der Waals surface area contributed by atoms with Crippen LogP contribution >= 0.6 is 0 Å². The van der Waals surface area contributed by atoms with E-state index in [4.69, 9.17) is 9.47 Å². The van der Waals surface area contributed by atoms with Crippen LogP contribution in [-0.2, 0) is 45.1 Å². The average Bonchev–Trinajstić information content (AvgIpc) is 2.98. The Morgan fingerprint density at radius 2 is 0.950 bits per heavy atom. The summed E-state index contributed by atoms with van der Waals surface area (Å²) in [5.41, 5.74) is 4.78. The molecule has 40 heavy (non-hydrogen) atoms. The number of benzene rings is 2. The molecule has 0 aliphatic rings. The second kappa shape index (κ2) is 20.3. The molecule has 0 heterocycles. The van der Waals surface area contributed by atoms with Gasteiger partial charge in [-0.3, -0.25) is 9.59 Å². The van der Waals surface area contributed by atoms with Gasteiger partial charge in [-0.25, -0.2) is 0 Å². The van der Waals surface area contributed by atoms with Crippen LogP contribution in [0.15, 0.2) is 48.5 Å². The first-order chi connectivity index (χ1) is 19.5. The van der Waals surface area contributed by atoms with Gasteiger partial charge in [0, 0.05) is 12.8 Å². The highest BCUT2D eigenvalue weighted by atomic mass is 16.5. The second-order valence-corrected chi connectivity index (χ2v) is 11.3. The van der Waals surface area contributed by atoms with Crippen LogP contribution in [0, 0.1) is 11.8 Å². The van der Waals surface area contributed by atoms with E-state index in [0.29, 0.717) is 50.7 Å². The van der Waals surface area contributed by atoms with E-state index >= 15 is 0 Å². The van der Waals surface area contributed by atoms with Crippen molar-refractivity contribution in [2.24, 2.45) is 11.8 Å². The van der Waals surface area contributed by atoms with Crippen molar-refractivity contribution >= 4 is 11.9 Å². The molecular weight excluding hydrogens is 496 g/mol. The van der Waals surface area contributed by atoms with Gasteiger partial charge < -0.3 is 9.47 Å². The number of carbonyl (C=O) groups excluding carboxylic acids is 2. The minimum absolute atomic E-state index is 0.205. The third-order valence-corrected chi connectivity index (χ3v) is 8.13. The van der Waals surface area contributed by atoms with Gasteiger partial charge in [-0.05, 0) is 59.8 Å². The summed E-state index contributed by atoms with van der Waals surface area (Å²) in [6.07, 6.45) is 13.7. The third kappa shape index (κ3) is 13.2. The molecular formula is C36H54O4. The van der Waals surface area contributed by atoms with Crippen molar-refractivity contribution < 1.29 is 19.1 Å². The highest BCUT2D eigenvalue weighted by Gasteiger charge is 2.14. The van der Waals surface area contributed by atoms with E-state index in [9.17, 15) is 9.59 Å². The lowest BCUT2D eigenvalue weighted by molar-refractivity contribution is -0.147. The zero-order chi connectivity index (χ0) is 29.0. The first kappa shape index (κ1) is 33.6. The van der Waals surface area contributed by atoms with E-state index in [-0.39, 0.29) is 11.9 Å². The Kier molecular flexibility index (Phi) is 17.0. The van der Waals surface area contributed by atoms with E-state index in [1.54, 1.807) is 0 Å². The second-order valence-electron chi connectivity index (χ2n) is 11.3. The maximum absolute atomic E-state index is 12.4. The minimum atomic E-state index is -0.205. The molecule has 4 nitrogen and oxygen atoms in total. The number of hydrogen-bond acceptors (Lipinski definition) is 4. The molecule has 2 atom stereocenters. The first-order valence-electron chi connectivity index (χ1n) is 15.9. The Labute approximate surface area is 244 Å². The number of esters is 2. The molecule has 0 spiro atoms. The summed E-state index contributed by atoms with van der Waals surface area (Å²) in [4.78, 5) is 24.8. The zero-order valence-electron chi connectivity index (χ0n) is 25.7. The molecule has 2 unspecified atom stereocenters. The number of unbranched alkanes of at least 4 members (excludes halogenated alkanes) is 3. The van der Waals surface area contributed by atoms with Gasteiger partial charge in [-0.2, -0.15) is 0 Å². The highest BCUT2D eigenvalue weighted by Crippen LogP contribution is 2.23. The van der Waals surface area contributed by atoms with Crippen LogP contribution in [0.1, 0.15) is 127 Å². The standard InChI is InChI=1S/C36H54O4/c1-5-9-17-29(7-3)25-31-19-11-13-21-33(31)27-39-35(37)23-15-16-24-36(38)40-28-34-22-14-12-20-32(34)26-30(8-4)18-10-6-2/h11-14,19-22,29-30H,5-10,15-18,23-28H2,1-4H3. The van der Waals surface area contributed by atoms with Crippen LogP contribution in [0.2, 0.25) is 0 Å². The topological polar surface area (TPSA) is 52.6 Å². The molecule has 0 aromatic heterocycles. The van der Waals surface area contributed by atoms with Gasteiger partial charge in [0.15, 0.2) is 0 Å². The maximum Gasteiger partial charge on any atom is 0.306 e. The lowest BCUT2D eigenvalue weighted by Crippen LogP contribution is -2.10. The average molecular weight is 551 g/mol. The predicted octanol–water partition coefficient (Wildman–Crippen LogP) is 9.55. The monoisotopic (exact) mass is 550 g/mol. The van der Waals surface area contributed by atoms with Crippen molar-refractivity contribution in [3.05, 3.63) is 70.8 Å². The molecule has 0 aliphatic heterocycles. The fourth-order valence-electron chi connectivity index (χ4n) is 5.30. The smallest absolute Gasteiger partial charge is 0.306 e. The largest absolute Gasteiger partial charge is 0.461 e. The lowest BCUT2D eigenvalue weighted by Gasteiger charge is -2.17. The molecule has 0 N–H and O–H groups in total. The Balaban J connectivity index is 1.70. The van der Waals surface area contributed by atoms with Gasteiger partial charge in [-0.15, -0.1) is 0 Å². The van der Waals surface area contributed by atoms with Crippen molar-refractivity contribution in [2.45, 2.75) is 131 Å². The van der Waals surface area contributed by atoms with Gasteiger partial charge in [-0.1, -0.05) is 128 Å². The molecule has 0 bridgehead atoms. The van der Waals surface area contributed by atoms with Crippen LogP contribution in [0.5, 0.6) is 0 Å². The number of ether oxygens (including phenoxy) is 2. The molecule has 0 saturated heterocycles. The quantitative estimate of drug-likeness (QED) is 0.115. The zero-order valence-corrected chi connectivity index (χ0v) is 25.7. The minimum Gasteiger partial charge on any atom is -0.461 e. The van der Waals surface area contributed by atoms with Crippen LogP contribution < -0.4 is 0 Å².